The van der Waals surface area contributed by atoms with Crippen LogP contribution in [0.5, 0.6) is 0 Å². The SMILES string of the molecule is CC(C)(C)OC(=O)N1CCC[C@H](C(=O)Nc2nn(C(c3ccccc3)(c3ccccc3)c3ccccc3)c3ccc(-c4ccc(N)cc4Cl)cc23)C1. The third-order valence-electron chi connectivity index (χ3n) is 9.56. The lowest BCUT2D eigenvalue weighted by atomic mass is 9.77. The summed E-state index contributed by atoms with van der Waals surface area (Å²) in [6.07, 6.45) is 0.909. The lowest BCUT2D eigenvalue weighted by Gasteiger charge is -2.37. The minimum Gasteiger partial charge on any atom is -0.444 e. The predicted molar refractivity (Wildman–Crippen MR) is 208 cm³/mol. The lowest BCUT2D eigenvalue weighted by Crippen LogP contribution is -2.45. The van der Waals surface area contributed by atoms with Crippen LogP contribution in [-0.4, -0.2) is 45.4 Å². The number of hydrogen-bond acceptors (Lipinski definition) is 5. The molecule has 0 bridgehead atoms. The smallest absolute Gasteiger partial charge is 0.410 e. The van der Waals surface area contributed by atoms with Crippen molar-refractivity contribution in [1.82, 2.24) is 14.7 Å². The van der Waals surface area contributed by atoms with Crippen LogP contribution in [-0.2, 0) is 15.1 Å². The second-order valence-corrected chi connectivity index (χ2v) is 14.7. The summed E-state index contributed by atoms with van der Waals surface area (Å²) >= 11 is 6.73. The maximum absolute atomic E-state index is 14.2. The molecule has 7 rings (SSSR count). The molecule has 1 atom stereocenters. The number of amides is 2. The fraction of sp³-hybridized carbons (Fsp3) is 0.233. The summed E-state index contributed by atoms with van der Waals surface area (Å²) in [7, 11) is 0. The van der Waals surface area contributed by atoms with Gasteiger partial charge >= 0.3 is 6.09 Å². The monoisotopic (exact) mass is 711 g/mol. The average Bonchev–Trinajstić information content (AvgIpc) is 3.50. The van der Waals surface area contributed by atoms with Crippen LogP contribution in [0, 0.1) is 5.92 Å². The van der Waals surface area contributed by atoms with Gasteiger partial charge in [-0.15, -0.1) is 0 Å². The summed E-state index contributed by atoms with van der Waals surface area (Å²) in [4.78, 5) is 28.8. The van der Waals surface area contributed by atoms with Gasteiger partial charge in [0.2, 0.25) is 5.91 Å². The summed E-state index contributed by atoms with van der Waals surface area (Å²) in [5, 5.41) is 9.80. The molecule has 2 heterocycles. The molecule has 264 valence electrons. The number of halogens is 1. The van der Waals surface area contributed by atoms with Crippen LogP contribution in [0.25, 0.3) is 22.0 Å². The molecule has 5 aromatic carbocycles. The molecular weight excluding hydrogens is 670 g/mol. The molecule has 0 aliphatic carbocycles. The standard InChI is InChI=1S/C43H42ClN5O3/c1-42(2,3)52-41(51)48-25-13-14-30(28-48)40(50)46-39-36-26-29(35-23-22-34(45)27-37(35)44)21-24-38(36)49(47-39)43(31-15-7-4-8-16-31,32-17-9-5-10-18-32)33-19-11-6-12-20-33/h4-12,15-24,26-27,30H,13-14,25,28,45H2,1-3H3,(H,46,47,50)/t30-/m0/s1. The van der Waals surface area contributed by atoms with Gasteiger partial charge in [0.15, 0.2) is 5.82 Å². The van der Waals surface area contributed by atoms with Crippen molar-refractivity contribution in [3.8, 4) is 11.1 Å². The quantitative estimate of drug-likeness (QED) is 0.127. The van der Waals surface area contributed by atoms with Gasteiger partial charge in [-0.3, -0.25) is 4.79 Å². The Morgan fingerprint density at radius 1 is 0.827 bits per heavy atom. The number of carbonyl (C=O) groups is 2. The van der Waals surface area contributed by atoms with E-state index in [1.807, 2.05) is 110 Å². The topological polar surface area (TPSA) is 102 Å². The van der Waals surface area contributed by atoms with Gasteiger partial charge in [-0.1, -0.05) is 115 Å². The first-order valence-corrected chi connectivity index (χ1v) is 18.0. The van der Waals surface area contributed by atoms with Gasteiger partial charge in [0.1, 0.15) is 11.1 Å². The minimum absolute atomic E-state index is 0.208. The molecule has 0 saturated carbocycles. The van der Waals surface area contributed by atoms with Crippen LogP contribution in [0.1, 0.15) is 50.3 Å². The first kappa shape index (κ1) is 34.8. The van der Waals surface area contributed by atoms with E-state index >= 15 is 0 Å². The number of ether oxygens (including phenoxy) is 1. The number of piperidine rings is 1. The fourth-order valence-electron chi connectivity index (χ4n) is 7.21. The van der Waals surface area contributed by atoms with Crippen molar-refractivity contribution in [2.75, 3.05) is 24.1 Å². The molecule has 6 aromatic rings. The Balaban J connectivity index is 1.41. The van der Waals surface area contributed by atoms with Crippen molar-refractivity contribution in [2.24, 2.45) is 5.92 Å². The van der Waals surface area contributed by atoms with Crippen molar-refractivity contribution in [2.45, 2.75) is 44.8 Å². The Morgan fingerprint density at radius 3 is 1.98 bits per heavy atom. The second-order valence-electron chi connectivity index (χ2n) is 14.3. The zero-order chi connectivity index (χ0) is 36.5. The van der Waals surface area contributed by atoms with Crippen molar-refractivity contribution in [3.63, 3.8) is 0 Å². The molecule has 2 amide bonds. The Hall–Kier alpha value is -5.60. The highest BCUT2D eigenvalue weighted by atomic mass is 35.5. The Labute approximate surface area is 309 Å². The summed E-state index contributed by atoms with van der Waals surface area (Å²) in [6.45, 7) is 6.31. The third-order valence-corrected chi connectivity index (χ3v) is 9.87. The van der Waals surface area contributed by atoms with Gasteiger partial charge in [0.25, 0.3) is 0 Å². The molecule has 52 heavy (non-hydrogen) atoms. The van der Waals surface area contributed by atoms with Crippen LogP contribution in [0.2, 0.25) is 5.02 Å². The number of hydrogen-bond donors (Lipinski definition) is 2. The number of aromatic nitrogens is 2. The summed E-state index contributed by atoms with van der Waals surface area (Å²) in [5.41, 5.74) is 10.5. The van der Waals surface area contributed by atoms with Gasteiger partial charge < -0.3 is 20.7 Å². The highest BCUT2D eigenvalue weighted by Gasteiger charge is 2.41. The largest absolute Gasteiger partial charge is 0.444 e. The van der Waals surface area contributed by atoms with Crippen LogP contribution in [0.15, 0.2) is 127 Å². The third kappa shape index (κ3) is 6.74. The van der Waals surface area contributed by atoms with E-state index in [2.05, 4.69) is 41.7 Å². The van der Waals surface area contributed by atoms with Crippen LogP contribution in [0.4, 0.5) is 16.3 Å². The van der Waals surface area contributed by atoms with Crippen LogP contribution in [0.3, 0.4) is 0 Å². The molecule has 3 N–H and O–H groups in total. The summed E-state index contributed by atoms with van der Waals surface area (Å²) in [5.74, 6) is -0.242. The predicted octanol–water partition coefficient (Wildman–Crippen LogP) is 9.36. The molecule has 9 heteroatoms. The first-order valence-electron chi connectivity index (χ1n) is 17.6. The van der Waals surface area contributed by atoms with E-state index in [4.69, 9.17) is 27.2 Å². The number of anilines is 2. The molecule has 1 aliphatic rings. The van der Waals surface area contributed by atoms with Crippen LogP contribution >= 0.6 is 11.6 Å². The maximum atomic E-state index is 14.2. The maximum Gasteiger partial charge on any atom is 0.410 e. The number of likely N-dealkylation sites (tertiary alicyclic amines) is 1. The molecule has 0 spiro atoms. The second kappa shape index (κ2) is 14.2. The Morgan fingerprint density at radius 2 is 1.42 bits per heavy atom. The number of nitrogen functional groups attached to an aromatic ring is 1. The zero-order valence-electron chi connectivity index (χ0n) is 29.6. The van der Waals surface area contributed by atoms with Crippen LogP contribution < -0.4 is 11.1 Å². The molecule has 1 aliphatic heterocycles. The molecule has 1 saturated heterocycles. The van der Waals surface area contributed by atoms with E-state index in [1.54, 1.807) is 11.0 Å². The highest BCUT2D eigenvalue weighted by Crippen LogP contribution is 2.44. The number of nitrogens with zero attached hydrogens (tertiary/aromatic N) is 3. The normalized spacial score (nSPS) is 15.0. The molecule has 1 fully saturated rings. The number of fused-ring (bicyclic) bond motifs is 1. The van der Waals surface area contributed by atoms with Gasteiger partial charge in [-0.25, -0.2) is 9.48 Å². The number of benzene rings is 5. The minimum atomic E-state index is -0.927. The van der Waals surface area contributed by atoms with E-state index in [-0.39, 0.29) is 12.5 Å². The lowest BCUT2D eigenvalue weighted by molar-refractivity contribution is -0.121. The van der Waals surface area contributed by atoms with Crippen molar-refractivity contribution >= 4 is 46.0 Å². The van der Waals surface area contributed by atoms with Crippen molar-refractivity contribution in [3.05, 3.63) is 149 Å². The summed E-state index contributed by atoms with van der Waals surface area (Å²) in [6, 6.07) is 42.4. The van der Waals surface area contributed by atoms with E-state index in [0.717, 1.165) is 38.7 Å². The number of nitrogens with one attached hydrogen (secondary N) is 1. The number of nitrogens with two attached hydrogens (primary N) is 1. The number of rotatable bonds is 7. The van der Waals surface area contributed by atoms with Gasteiger partial charge in [0.05, 0.1) is 16.5 Å². The molecular formula is C43H42ClN5O3. The molecule has 1 aromatic heterocycles. The molecule has 0 unspecified atom stereocenters. The van der Waals surface area contributed by atoms with Gasteiger partial charge in [-0.05, 0) is 80.1 Å². The van der Waals surface area contributed by atoms with Crippen molar-refractivity contribution in [1.29, 1.82) is 0 Å². The molecule has 0 radical (unpaired) electrons. The Bertz CT molecular complexity index is 2120. The molecule has 8 nitrogen and oxygen atoms in total. The number of carbonyl (C=O) groups excluding carboxylic acids is 2. The van der Waals surface area contributed by atoms with E-state index in [1.165, 1.54) is 0 Å². The Kier molecular flexibility index (Phi) is 9.51. The van der Waals surface area contributed by atoms with E-state index < -0.39 is 23.2 Å². The van der Waals surface area contributed by atoms with E-state index in [9.17, 15) is 9.59 Å². The fourth-order valence-corrected chi connectivity index (χ4v) is 7.50. The van der Waals surface area contributed by atoms with Gasteiger partial charge in [0, 0.05) is 29.7 Å². The van der Waals surface area contributed by atoms with Gasteiger partial charge in [-0.2, -0.15) is 5.10 Å². The highest BCUT2D eigenvalue weighted by molar-refractivity contribution is 6.33. The van der Waals surface area contributed by atoms with Crippen molar-refractivity contribution < 1.29 is 14.3 Å². The average molecular weight is 712 g/mol. The first-order chi connectivity index (χ1) is 25.0. The van der Waals surface area contributed by atoms with E-state index in [0.29, 0.717) is 35.9 Å². The zero-order valence-corrected chi connectivity index (χ0v) is 30.3. The summed E-state index contributed by atoms with van der Waals surface area (Å²) < 4.78 is 7.67.